The molecular weight excluding hydrogens is 360 g/mol. The number of hydrogen-bond acceptors (Lipinski definition) is 5. The lowest BCUT2D eigenvalue weighted by atomic mass is 10.1. The number of aromatic nitrogens is 3. The molecule has 27 heavy (non-hydrogen) atoms. The van der Waals surface area contributed by atoms with Crippen molar-refractivity contribution in [3.63, 3.8) is 0 Å². The Bertz CT molecular complexity index is 743. The first kappa shape index (κ1) is 18.3. The smallest absolute Gasteiger partial charge is 0.276 e. The van der Waals surface area contributed by atoms with E-state index in [1.165, 1.54) is 15.8 Å². The second-order valence-corrected chi connectivity index (χ2v) is 7.94. The van der Waals surface area contributed by atoms with Gasteiger partial charge in [0.1, 0.15) is 0 Å². The van der Waals surface area contributed by atoms with Crippen molar-refractivity contribution in [1.29, 1.82) is 0 Å². The third-order valence-corrected chi connectivity index (χ3v) is 5.61. The summed E-state index contributed by atoms with van der Waals surface area (Å²) in [5.41, 5.74) is -0.327. The highest BCUT2D eigenvalue weighted by molar-refractivity contribution is 5.92. The van der Waals surface area contributed by atoms with Crippen LogP contribution in [0.25, 0.3) is 0 Å². The first-order chi connectivity index (χ1) is 12.8. The number of hydrogen-bond donors (Lipinski definition) is 0. The maximum Gasteiger partial charge on any atom is 0.276 e. The molecular formula is C17H23F2N5O3. The molecule has 1 saturated carbocycles. The van der Waals surface area contributed by atoms with Gasteiger partial charge >= 0.3 is 0 Å². The van der Waals surface area contributed by atoms with E-state index in [-0.39, 0.29) is 24.1 Å². The molecule has 2 saturated heterocycles. The maximum atomic E-state index is 14.0. The molecule has 10 heteroatoms. The minimum Gasteiger partial charge on any atom is -0.378 e. The van der Waals surface area contributed by atoms with Gasteiger partial charge in [0, 0.05) is 24.9 Å². The van der Waals surface area contributed by atoms with Crippen LogP contribution < -0.4 is 0 Å². The fourth-order valence-corrected chi connectivity index (χ4v) is 3.68. The Balaban J connectivity index is 1.45. The van der Waals surface area contributed by atoms with Gasteiger partial charge in [-0.3, -0.25) is 9.59 Å². The van der Waals surface area contributed by atoms with E-state index < -0.39 is 30.3 Å². The van der Waals surface area contributed by atoms with E-state index in [1.807, 2.05) is 6.92 Å². The van der Waals surface area contributed by atoms with Crippen molar-refractivity contribution in [3.05, 3.63) is 11.9 Å². The molecule has 1 aliphatic carbocycles. The van der Waals surface area contributed by atoms with Gasteiger partial charge in [0.05, 0.1) is 38.5 Å². The Morgan fingerprint density at radius 3 is 2.67 bits per heavy atom. The molecule has 148 valence electrons. The Morgan fingerprint density at radius 2 is 2.00 bits per heavy atom. The number of nitrogens with zero attached hydrogens (tertiary/aromatic N) is 5. The molecule has 0 N–H and O–H groups in total. The summed E-state index contributed by atoms with van der Waals surface area (Å²) < 4.78 is 34.6. The van der Waals surface area contributed by atoms with Crippen LogP contribution in [-0.2, 0) is 16.1 Å². The summed E-state index contributed by atoms with van der Waals surface area (Å²) in [6.45, 7) is 3.29. The Kier molecular flexibility index (Phi) is 4.40. The average molecular weight is 383 g/mol. The largest absolute Gasteiger partial charge is 0.378 e. The second kappa shape index (κ2) is 6.50. The van der Waals surface area contributed by atoms with Crippen molar-refractivity contribution in [2.24, 2.45) is 5.41 Å². The van der Waals surface area contributed by atoms with Gasteiger partial charge in [0.2, 0.25) is 5.91 Å². The van der Waals surface area contributed by atoms with Crippen LogP contribution in [-0.4, -0.2) is 81.4 Å². The number of carbonyl (C=O) groups is 2. The highest BCUT2D eigenvalue weighted by atomic mass is 19.3. The van der Waals surface area contributed by atoms with Crippen molar-refractivity contribution in [2.45, 2.75) is 44.7 Å². The zero-order chi connectivity index (χ0) is 19.2. The zero-order valence-electron chi connectivity index (χ0n) is 15.2. The molecule has 3 fully saturated rings. The van der Waals surface area contributed by atoms with Gasteiger partial charge in [-0.15, -0.1) is 5.10 Å². The minimum atomic E-state index is -2.90. The van der Waals surface area contributed by atoms with Crippen LogP contribution in [0.15, 0.2) is 6.20 Å². The standard InChI is InChI=1S/C17H23F2N5O3/c1-16(2-3-16)15(26)24-11-17(18,19)8-12(24)9-23-10-13(20-21-23)14(25)22-4-6-27-7-5-22/h10,12H,2-9,11H2,1H3/t12-/m0/s1. The number of amides is 2. The summed E-state index contributed by atoms with van der Waals surface area (Å²) >= 11 is 0. The number of carbonyl (C=O) groups excluding carboxylic acids is 2. The third kappa shape index (κ3) is 3.67. The van der Waals surface area contributed by atoms with Gasteiger partial charge in [0.15, 0.2) is 5.69 Å². The number of ether oxygens (including phenoxy) is 1. The van der Waals surface area contributed by atoms with Crippen molar-refractivity contribution in [3.8, 4) is 0 Å². The first-order valence-corrected chi connectivity index (χ1v) is 9.24. The normalized spacial score (nSPS) is 26.3. The topological polar surface area (TPSA) is 80.6 Å². The predicted molar refractivity (Wildman–Crippen MR) is 89.2 cm³/mol. The zero-order valence-corrected chi connectivity index (χ0v) is 15.2. The fourth-order valence-electron chi connectivity index (χ4n) is 3.68. The summed E-state index contributed by atoms with van der Waals surface area (Å²) in [4.78, 5) is 28.0. The summed E-state index contributed by atoms with van der Waals surface area (Å²) in [5, 5.41) is 7.81. The molecule has 8 nitrogen and oxygen atoms in total. The SMILES string of the molecule is CC1(C(=O)N2CC(F)(F)C[C@H]2Cn2cc(C(=O)N3CCOCC3)nn2)CC1. The van der Waals surface area contributed by atoms with Crippen LogP contribution in [0.2, 0.25) is 0 Å². The van der Waals surface area contributed by atoms with E-state index in [0.717, 1.165) is 12.8 Å². The molecule has 0 radical (unpaired) electrons. The van der Waals surface area contributed by atoms with Crippen molar-refractivity contribution in [1.82, 2.24) is 24.8 Å². The molecule has 2 amide bonds. The Hall–Kier alpha value is -2.10. The highest BCUT2D eigenvalue weighted by Gasteiger charge is 2.54. The number of alkyl halides is 2. The molecule has 0 bridgehead atoms. The van der Waals surface area contributed by atoms with Gasteiger partial charge in [-0.05, 0) is 12.8 Å². The van der Waals surface area contributed by atoms with Crippen LogP contribution >= 0.6 is 0 Å². The van der Waals surface area contributed by atoms with Crippen LogP contribution in [0.4, 0.5) is 8.78 Å². The molecule has 0 spiro atoms. The molecule has 0 unspecified atom stereocenters. The number of likely N-dealkylation sites (tertiary alicyclic amines) is 1. The van der Waals surface area contributed by atoms with Gasteiger partial charge in [-0.25, -0.2) is 13.5 Å². The quantitative estimate of drug-likeness (QED) is 0.768. The lowest BCUT2D eigenvalue weighted by Crippen LogP contribution is -2.42. The summed E-state index contributed by atoms with van der Waals surface area (Å²) in [7, 11) is 0. The minimum absolute atomic E-state index is 0.0980. The van der Waals surface area contributed by atoms with E-state index >= 15 is 0 Å². The second-order valence-electron chi connectivity index (χ2n) is 7.94. The fraction of sp³-hybridized carbons (Fsp3) is 0.765. The number of rotatable bonds is 4. The predicted octanol–water partition coefficient (Wildman–Crippen LogP) is 0.787. The van der Waals surface area contributed by atoms with Gasteiger partial charge in [-0.1, -0.05) is 12.1 Å². The first-order valence-electron chi connectivity index (χ1n) is 9.24. The van der Waals surface area contributed by atoms with E-state index in [1.54, 1.807) is 4.90 Å². The molecule has 0 aromatic carbocycles. The lowest BCUT2D eigenvalue weighted by molar-refractivity contribution is -0.138. The van der Waals surface area contributed by atoms with Crippen LogP contribution in [0, 0.1) is 5.41 Å². The van der Waals surface area contributed by atoms with Gasteiger partial charge < -0.3 is 14.5 Å². The Labute approximate surface area is 155 Å². The van der Waals surface area contributed by atoms with E-state index in [0.29, 0.717) is 26.3 Å². The monoisotopic (exact) mass is 383 g/mol. The molecule has 2 aliphatic heterocycles. The number of morpholine rings is 1. The van der Waals surface area contributed by atoms with E-state index in [9.17, 15) is 18.4 Å². The van der Waals surface area contributed by atoms with Crippen LogP contribution in [0.3, 0.4) is 0 Å². The molecule has 1 aromatic heterocycles. The van der Waals surface area contributed by atoms with E-state index in [4.69, 9.17) is 4.74 Å². The van der Waals surface area contributed by atoms with Crippen LogP contribution in [0.5, 0.6) is 0 Å². The number of halogens is 2. The molecule has 3 heterocycles. The highest BCUT2D eigenvalue weighted by Crippen LogP contribution is 2.48. The molecule has 4 rings (SSSR count). The molecule has 1 atom stereocenters. The van der Waals surface area contributed by atoms with Crippen molar-refractivity contribution in [2.75, 3.05) is 32.8 Å². The maximum absolute atomic E-state index is 14.0. The summed E-state index contributed by atoms with van der Waals surface area (Å²) in [5.74, 6) is -3.37. The Morgan fingerprint density at radius 1 is 1.30 bits per heavy atom. The van der Waals surface area contributed by atoms with Crippen molar-refractivity contribution < 1.29 is 23.1 Å². The van der Waals surface area contributed by atoms with Crippen LogP contribution in [0.1, 0.15) is 36.7 Å². The molecule has 1 aromatic rings. The summed E-state index contributed by atoms with van der Waals surface area (Å²) in [6, 6.07) is -0.655. The van der Waals surface area contributed by atoms with Gasteiger partial charge in [0.25, 0.3) is 11.8 Å². The summed E-state index contributed by atoms with van der Waals surface area (Å²) in [6.07, 6.45) is 2.54. The molecule has 3 aliphatic rings. The third-order valence-electron chi connectivity index (χ3n) is 5.61. The lowest BCUT2D eigenvalue weighted by Gasteiger charge is -2.26. The van der Waals surface area contributed by atoms with Crippen molar-refractivity contribution >= 4 is 11.8 Å². The van der Waals surface area contributed by atoms with Gasteiger partial charge in [-0.2, -0.15) is 0 Å². The van der Waals surface area contributed by atoms with E-state index in [2.05, 4.69) is 10.3 Å². The average Bonchev–Trinajstić information content (AvgIpc) is 3.10.